The van der Waals surface area contributed by atoms with E-state index in [1.165, 1.54) is 0 Å². The zero-order chi connectivity index (χ0) is 14.5. The van der Waals surface area contributed by atoms with Crippen LogP contribution in [0.3, 0.4) is 0 Å². The van der Waals surface area contributed by atoms with E-state index in [0.717, 1.165) is 24.0 Å². The second-order valence-electron chi connectivity index (χ2n) is 5.30. The first-order chi connectivity index (χ1) is 10.3. The summed E-state index contributed by atoms with van der Waals surface area (Å²) < 4.78 is 12.5. The second-order valence-corrected chi connectivity index (χ2v) is 5.30. The molecule has 0 spiro atoms. The summed E-state index contributed by atoms with van der Waals surface area (Å²) in [5, 5.41) is 0. The first-order valence-corrected chi connectivity index (χ1v) is 7.48. The third-order valence-corrected chi connectivity index (χ3v) is 3.87. The Bertz CT molecular complexity index is 514. The Kier molecular flexibility index (Phi) is 4.34. The standard InChI is InChI=1S/C18H21NO2/c19-13-11-17-12-14-20-18(21-17,15-7-3-1-4-8-15)16-9-5-2-6-10-16/h1-10,17H,11-14,19H2/t17-/m1/s1. The molecule has 0 saturated carbocycles. The van der Waals surface area contributed by atoms with Crippen LogP contribution in [0, 0.1) is 0 Å². The largest absolute Gasteiger partial charge is 0.342 e. The van der Waals surface area contributed by atoms with Gasteiger partial charge in [-0.05, 0) is 19.4 Å². The molecule has 0 amide bonds. The molecule has 1 heterocycles. The summed E-state index contributed by atoms with van der Waals surface area (Å²) in [5.74, 6) is -0.819. The lowest BCUT2D eigenvalue weighted by Crippen LogP contribution is -2.43. The summed E-state index contributed by atoms with van der Waals surface area (Å²) in [5.41, 5.74) is 7.76. The molecule has 1 aliphatic rings. The third-order valence-electron chi connectivity index (χ3n) is 3.87. The molecule has 3 rings (SSSR count). The van der Waals surface area contributed by atoms with Crippen LogP contribution in [0.25, 0.3) is 0 Å². The summed E-state index contributed by atoms with van der Waals surface area (Å²) in [4.78, 5) is 0. The quantitative estimate of drug-likeness (QED) is 0.938. The first-order valence-electron chi connectivity index (χ1n) is 7.48. The van der Waals surface area contributed by atoms with Crippen molar-refractivity contribution in [2.75, 3.05) is 13.2 Å². The van der Waals surface area contributed by atoms with Crippen molar-refractivity contribution < 1.29 is 9.47 Å². The van der Waals surface area contributed by atoms with Gasteiger partial charge in [0.05, 0.1) is 12.7 Å². The number of rotatable bonds is 4. The Morgan fingerprint density at radius 2 is 1.52 bits per heavy atom. The molecule has 1 fully saturated rings. The summed E-state index contributed by atoms with van der Waals surface area (Å²) in [6.45, 7) is 1.30. The Morgan fingerprint density at radius 3 is 2.05 bits per heavy atom. The summed E-state index contributed by atoms with van der Waals surface area (Å²) in [7, 11) is 0. The van der Waals surface area contributed by atoms with Crippen molar-refractivity contribution in [1.82, 2.24) is 0 Å². The van der Waals surface area contributed by atoms with Gasteiger partial charge >= 0.3 is 0 Å². The van der Waals surface area contributed by atoms with Crippen LogP contribution in [0.5, 0.6) is 0 Å². The molecule has 3 nitrogen and oxygen atoms in total. The van der Waals surface area contributed by atoms with E-state index >= 15 is 0 Å². The van der Waals surface area contributed by atoms with Crippen LogP contribution in [0.2, 0.25) is 0 Å². The predicted molar refractivity (Wildman–Crippen MR) is 82.8 cm³/mol. The average Bonchev–Trinajstić information content (AvgIpc) is 2.57. The summed E-state index contributed by atoms with van der Waals surface area (Å²) in [6, 6.07) is 20.3. The van der Waals surface area contributed by atoms with Crippen LogP contribution in [-0.2, 0) is 15.3 Å². The lowest BCUT2D eigenvalue weighted by atomic mass is 9.95. The van der Waals surface area contributed by atoms with Crippen LogP contribution in [0.4, 0.5) is 0 Å². The second kappa shape index (κ2) is 6.39. The molecule has 0 aliphatic carbocycles. The van der Waals surface area contributed by atoms with E-state index in [-0.39, 0.29) is 6.10 Å². The molecule has 0 radical (unpaired) electrons. The molecule has 1 aliphatic heterocycles. The monoisotopic (exact) mass is 283 g/mol. The maximum Gasteiger partial charge on any atom is 0.222 e. The van der Waals surface area contributed by atoms with Crippen LogP contribution < -0.4 is 5.73 Å². The molecular formula is C18H21NO2. The fraction of sp³-hybridized carbons (Fsp3) is 0.333. The summed E-state index contributed by atoms with van der Waals surface area (Å²) in [6.07, 6.45) is 1.87. The molecule has 2 aromatic carbocycles. The molecule has 21 heavy (non-hydrogen) atoms. The lowest BCUT2D eigenvalue weighted by molar-refractivity contribution is -0.278. The van der Waals surface area contributed by atoms with E-state index in [4.69, 9.17) is 15.2 Å². The minimum Gasteiger partial charge on any atom is -0.342 e. The lowest BCUT2D eigenvalue weighted by Gasteiger charge is -2.41. The van der Waals surface area contributed by atoms with Crippen molar-refractivity contribution in [3.05, 3.63) is 71.8 Å². The molecule has 110 valence electrons. The molecule has 0 aromatic heterocycles. The van der Waals surface area contributed by atoms with Crippen LogP contribution in [0.15, 0.2) is 60.7 Å². The number of benzene rings is 2. The van der Waals surface area contributed by atoms with Gasteiger partial charge in [0.15, 0.2) is 0 Å². The van der Waals surface area contributed by atoms with Gasteiger partial charge in [0.1, 0.15) is 0 Å². The molecule has 0 unspecified atom stereocenters. The van der Waals surface area contributed by atoms with Crippen LogP contribution >= 0.6 is 0 Å². The van der Waals surface area contributed by atoms with Crippen molar-refractivity contribution in [3.8, 4) is 0 Å². The third kappa shape index (κ3) is 2.86. The smallest absolute Gasteiger partial charge is 0.222 e. The molecular weight excluding hydrogens is 262 g/mol. The van der Waals surface area contributed by atoms with E-state index in [1.54, 1.807) is 0 Å². The zero-order valence-corrected chi connectivity index (χ0v) is 12.1. The van der Waals surface area contributed by atoms with Gasteiger partial charge in [0.2, 0.25) is 5.79 Å². The molecule has 3 heteroatoms. The maximum atomic E-state index is 6.38. The van der Waals surface area contributed by atoms with E-state index in [1.807, 2.05) is 36.4 Å². The van der Waals surface area contributed by atoms with Gasteiger partial charge in [-0.1, -0.05) is 60.7 Å². The normalized spacial score (nSPS) is 21.1. The topological polar surface area (TPSA) is 44.5 Å². The fourth-order valence-electron chi connectivity index (χ4n) is 2.84. The molecule has 1 saturated heterocycles. The number of nitrogens with two attached hydrogens (primary N) is 1. The van der Waals surface area contributed by atoms with Crippen LogP contribution in [-0.4, -0.2) is 19.3 Å². The Hall–Kier alpha value is -1.68. The van der Waals surface area contributed by atoms with E-state index < -0.39 is 5.79 Å². The zero-order valence-electron chi connectivity index (χ0n) is 12.1. The van der Waals surface area contributed by atoms with E-state index in [2.05, 4.69) is 24.3 Å². The Morgan fingerprint density at radius 1 is 0.952 bits per heavy atom. The van der Waals surface area contributed by atoms with Crippen molar-refractivity contribution >= 4 is 0 Å². The molecule has 2 aromatic rings. The minimum atomic E-state index is -0.819. The van der Waals surface area contributed by atoms with Gasteiger partial charge in [-0.25, -0.2) is 0 Å². The van der Waals surface area contributed by atoms with Gasteiger partial charge in [0.25, 0.3) is 0 Å². The highest BCUT2D eigenvalue weighted by atomic mass is 16.7. The average molecular weight is 283 g/mol. The first kappa shape index (κ1) is 14.3. The van der Waals surface area contributed by atoms with Crippen molar-refractivity contribution in [3.63, 3.8) is 0 Å². The van der Waals surface area contributed by atoms with Crippen molar-refractivity contribution in [1.29, 1.82) is 0 Å². The highest BCUT2D eigenvalue weighted by molar-refractivity contribution is 5.34. The fourth-order valence-corrected chi connectivity index (χ4v) is 2.84. The maximum absolute atomic E-state index is 6.38. The van der Waals surface area contributed by atoms with Crippen molar-refractivity contribution in [2.24, 2.45) is 5.73 Å². The molecule has 0 bridgehead atoms. The molecule has 2 N–H and O–H groups in total. The Labute approximate surface area is 125 Å². The van der Waals surface area contributed by atoms with Gasteiger partial charge in [-0.3, -0.25) is 0 Å². The van der Waals surface area contributed by atoms with E-state index in [9.17, 15) is 0 Å². The highest BCUT2D eigenvalue weighted by Crippen LogP contribution is 2.39. The number of hydrogen-bond acceptors (Lipinski definition) is 3. The highest BCUT2D eigenvalue weighted by Gasteiger charge is 2.41. The van der Waals surface area contributed by atoms with Gasteiger partial charge < -0.3 is 15.2 Å². The van der Waals surface area contributed by atoms with Crippen molar-refractivity contribution in [2.45, 2.75) is 24.7 Å². The SMILES string of the molecule is NCC[C@@H]1CCOC(c2ccccc2)(c2ccccc2)O1. The van der Waals surface area contributed by atoms with Gasteiger partial charge in [0, 0.05) is 11.1 Å². The van der Waals surface area contributed by atoms with Crippen LogP contribution in [0.1, 0.15) is 24.0 Å². The van der Waals surface area contributed by atoms with Gasteiger partial charge in [-0.2, -0.15) is 0 Å². The predicted octanol–water partition coefficient (Wildman–Crippen LogP) is 3.04. The minimum absolute atomic E-state index is 0.129. The number of ether oxygens (including phenoxy) is 2. The molecule has 1 atom stereocenters. The Balaban J connectivity index is 2.03. The van der Waals surface area contributed by atoms with Gasteiger partial charge in [-0.15, -0.1) is 0 Å². The summed E-state index contributed by atoms with van der Waals surface area (Å²) >= 11 is 0. The van der Waals surface area contributed by atoms with E-state index in [0.29, 0.717) is 13.2 Å². The number of hydrogen-bond donors (Lipinski definition) is 1.